The van der Waals surface area contributed by atoms with E-state index in [0.717, 1.165) is 21.6 Å². The van der Waals surface area contributed by atoms with Crippen LogP contribution in [-0.4, -0.2) is 16.1 Å². The molecule has 0 radical (unpaired) electrons. The van der Waals surface area contributed by atoms with Crippen molar-refractivity contribution in [3.63, 3.8) is 0 Å². The van der Waals surface area contributed by atoms with Gasteiger partial charge in [-0.05, 0) is 24.1 Å². The molecule has 0 aliphatic carbocycles. The van der Waals surface area contributed by atoms with Crippen molar-refractivity contribution in [2.24, 2.45) is 0 Å². The van der Waals surface area contributed by atoms with Crippen LogP contribution >= 0.6 is 11.3 Å². The molecule has 0 aliphatic rings. The van der Waals surface area contributed by atoms with E-state index in [-0.39, 0.29) is 6.42 Å². The first-order valence-electron chi connectivity index (χ1n) is 5.29. The Labute approximate surface area is 97.8 Å². The van der Waals surface area contributed by atoms with Gasteiger partial charge in [-0.1, -0.05) is 13.0 Å². The number of carboxylic acids is 1. The largest absolute Gasteiger partial charge is 0.481 e. The summed E-state index contributed by atoms with van der Waals surface area (Å²) in [6, 6.07) is 6.22. The van der Waals surface area contributed by atoms with Crippen LogP contribution in [0.5, 0.6) is 0 Å². The van der Waals surface area contributed by atoms with Crippen LogP contribution in [0.3, 0.4) is 0 Å². The van der Waals surface area contributed by atoms with Crippen LogP contribution in [0, 0.1) is 0 Å². The fraction of sp³-hybridized carbons (Fsp3) is 0.333. The molecular formula is C12H13NO2S. The second-order valence-corrected chi connectivity index (χ2v) is 4.77. The second-order valence-electron chi connectivity index (χ2n) is 3.66. The summed E-state index contributed by atoms with van der Waals surface area (Å²) >= 11 is 1.59. The Balaban J connectivity index is 2.25. The highest BCUT2D eigenvalue weighted by Gasteiger charge is 2.06. The first-order valence-corrected chi connectivity index (χ1v) is 6.11. The maximum atomic E-state index is 10.5. The highest BCUT2D eigenvalue weighted by atomic mass is 32.1. The zero-order valence-electron chi connectivity index (χ0n) is 9.06. The van der Waals surface area contributed by atoms with Gasteiger partial charge in [0.25, 0.3) is 0 Å². The predicted molar refractivity (Wildman–Crippen MR) is 65.0 cm³/mol. The minimum Gasteiger partial charge on any atom is -0.481 e. The van der Waals surface area contributed by atoms with Gasteiger partial charge in [-0.3, -0.25) is 4.79 Å². The van der Waals surface area contributed by atoms with Gasteiger partial charge in [0.2, 0.25) is 0 Å². The minimum atomic E-state index is -0.770. The van der Waals surface area contributed by atoms with E-state index in [4.69, 9.17) is 5.11 Å². The van der Waals surface area contributed by atoms with E-state index in [0.29, 0.717) is 6.42 Å². The molecular weight excluding hydrogens is 222 g/mol. The molecule has 0 atom stereocenters. The van der Waals surface area contributed by atoms with Crippen LogP contribution in [0.4, 0.5) is 0 Å². The van der Waals surface area contributed by atoms with Crippen molar-refractivity contribution in [1.29, 1.82) is 0 Å². The van der Waals surface area contributed by atoms with E-state index in [9.17, 15) is 4.79 Å². The van der Waals surface area contributed by atoms with Gasteiger partial charge < -0.3 is 5.11 Å². The van der Waals surface area contributed by atoms with E-state index in [1.54, 1.807) is 11.3 Å². The number of carboxylic acid groups (broad SMARTS) is 1. The smallest absolute Gasteiger partial charge is 0.303 e. The molecule has 84 valence electrons. The number of carbonyl (C=O) groups is 1. The van der Waals surface area contributed by atoms with E-state index in [1.807, 2.05) is 6.07 Å². The van der Waals surface area contributed by atoms with E-state index in [1.165, 1.54) is 5.56 Å². The maximum absolute atomic E-state index is 10.5. The number of hydrogen-bond acceptors (Lipinski definition) is 3. The van der Waals surface area contributed by atoms with Gasteiger partial charge in [0.15, 0.2) is 0 Å². The average molecular weight is 235 g/mol. The summed E-state index contributed by atoms with van der Waals surface area (Å²) in [4.78, 5) is 14.9. The van der Waals surface area contributed by atoms with Crippen molar-refractivity contribution in [2.75, 3.05) is 0 Å². The summed E-state index contributed by atoms with van der Waals surface area (Å²) in [5.41, 5.74) is 2.27. The van der Waals surface area contributed by atoms with Crippen LogP contribution in [0.25, 0.3) is 10.2 Å². The molecule has 1 aromatic heterocycles. The normalized spacial score (nSPS) is 10.8. The summed E-state index contributed by atoms with van der Waals surface area (Å²) in [5, 5.41) is 9.52. The van der Waals surface area contributed by atoms with Crippen molar-refractivity contribution < 1.29 is 9.90 Å². The van der Waals surface area contributed by atoms with E-state index in [2.05, 4.69) is 24.0 Å². The van der Waals surface area contributed by atoms with E-state index < -0.39 is 5.97 Å². The van der Waals surface area contributed by atoms with Crippen molar-refractivity contribution in [1.82, 2.24) is 4.98 Å². The molecule has 1 N–H and O–H groups in total. The Bertz CT molecular complexity index is 519. The number of aromatic nitrogens is 1. The highest BCUT2D eigenvalue weighted by molar-refractivity contribution is 7.18. The molecule has 0 unspecified atom stereocenters. The summed E-state index contributed by atoms with van der Waals surface area (Å²) in [6.07, 6.45) is 1.69. The Morgan fingerprint density at radius 3 is 3.00 bits per heavy atom. The molecule has 3 nitrogen and oxygen atoms in total. The van der Waals surface area contributed by atoms with E-state index >= 15 is 0 Å². The van der Waals surface area contributed by atoms with Crippen molar-refractivity contribution >= 4 is 27.5 Å². The topological polar surface area (TPSA) is 50.2 Å². The zero-order valence-corrected chi connectivity index (χ0v) is 9.88. The monoisotopic (exact) mass is 235 g/mol. The number of nitrogens with zero attached hydrogens (tertiary/aromatic N) is 1. The number of aryl methyl sites for hydroxylation is 2. The van der Waals surface area contributed by atoms with Gasteiger partial charge in [0.1, 0.15) is 0 Å². The van der Waals surface area contributed by atoms with Crippen LogP contribution < -0.4 is 0 Å². The van der Waals surface area contributed by atoms with Gasteiger partial charge in [0, 0.05) is 6.42 Å². The third kappa shape index (κ3) is 2.39. The molecule has 16 heavy (non-hydrogen) atoms. The number of fused-ring (bicyclic) bond motifs is 1. The Morgan fingerprint density at radius 1 is 1.50 bits per heavy atom. The molecule has 0 amide bonds. The summed E-state index contributed by atoms with van der Waals surface area (Å²) in [5.74, 6) is -0.770. The van der Waals surface area contributed by atoms with Gasteiger partial charge >= 0.3 is 5.97 Å². The molecule has 0 bridgehead atoms. The Morgan fingerprint density at radius 2 is 2.31 bits per heavy atom. The molecule has 0 spiro atoms. The molecule has 0 saturated carbocycles. The fourth-order valence-corrected chi connectivity index (χ4v) is 2.59. The minimum absolute atomic E-state index is 0.153. The number of rotatable bonds is 4. The lowest BCUT2D eigenvalue weighted by Crippen LogP contribution is -1.96. The highest BCUT2D eigenvalue weighted by Crippen LogP contribution is 2.24. The van der Waals surface area contributed by atoms with Gasteiger partial charge in [-0.15, -0.1) is 11.3 Å². The molecule has 1 heterocycles. The van der Waals surface area contributed by atoms with Gasteiger partial charge in [0.05, 0.1) is 21.6 Å². The Kier molecular flexibility index (Phi) is 3.19. The summed E-state index contributed by atoms with van der Waals surface area (Å²) < 4.78 is 1.15. The zero-order chi connectivity index (χ0) is 11.5. The quantitative estimate of drug-likeness (QED) is 0.886. The fourth-order valence-electron chi connectivity index (χ4n) is 1.56. The third-order valence-corrected chi connectivity index (χ3v) is 3.54. The molecule has 2 rings (SSSR count). The molecule has 1 aromatic carbocycles. The van der Waals surface area contributed by atoms with Crippen molar-refractivity contribution in [3.05, 3.63) is 28.8 Å². The summed E-state index contributed by atoms with van der Waals surface area (Å²) in [7, 11) is 0. The Hall–Kier alpha value is -1.42. The van der Waals surface area contributed by atoms with Crippen molar-refractivity contribution in [3.8, 4) is 0 Å². The van der Waals surface area contributed by atoms with Crippen LogP contribution in [-0.2, 0) is 17.6 Å². The number of aliphatic carboxylic acids is 1. The molecule has 2 aromatic rings. The number of hydrogen-bond donors (Lipinski definition) is 1. The third-order valence-electron chi connectivity index (χ3n) is 2.46. The molecule has 0 fully saturated rings. The number of benzene rings is 1. The first-order chi connectivity index (χ1) is 7.69. The predicted octanol–water partition coefficient (Wildman–Crippen LogP) is 2.88. The maximum Gasteiger partial charge on any atom is 0.303 e. The lowest BCUT2D eigenvalue weighted by Gasteiger charge is -1.93. The first kappa shape index (κ1) is 11.1. The standard InChI is InChI=1S/C12H13NO2S/c1-2-8-3-4-9-10(7-8)16-11(13-9)5-6-12(14)15/h3-4,7H,2,5-6H2,1H3,(H,14,15). The van der Waals surface area contributed by atoms with Gasteiger partial charge in [-0.25, -0.2) is 4.98 Å². The summed E-state index contributed by atoms with van der Waals surface area (Å²) in [6.45, 7) is 2.12. The number of thiazole rings is 1. The molecule has 4 heteroatoms. The van der Waals surface area contributed by atoms with Gasteiger partial charge in [-0.2, -0.15) is 0 Å². The van der Waals surface area contributed by atoms with Crippen LogP contribution in [0.15, 0.2) is 18.2 Å². The lowest BCUT2D eigenvalue weighted by atomic mass is 10.2. The van der Waals surface area contributed by atoms with Crippen molar-refractivity contribution in [2.45, 2.75) is 26.2 Å². The SMILES string of the molecule is CCc1ccc2nc(CCC(=O)O)sc2c1. The lowest BCUT2D eigenvalue weighted by molar-refractivity contribution is -0.136. The second kappa shape index (κ2) is 4.61. The molecule has 0 aliphatic heterocycles. The molecule has 0 saturated heterocycles. The van der Waals surface area contributed by atoms with Crippen LogP contribution in [0.2, 0.25) is 0 Å². The average Bonchev–Trinajstić information content (AvgIpc) is 2.67. The van der Waals surface area contributed by atoms with Crippen LogP contribution in [0.1, 0.15) is 23.9 Å².